The Hall–Kier alpha value is -3.46. The van der Waals surface area contributed by atoms with E-state index in [4.69, 9.17) is 14.2 Å². The van der Waals surface area contributed by atoms with E-state index < -0.39 is 21.0 Å². The van der Waals surface area contributed by atoms with Crippen LogP contribution >= 0.6 is 10.9 Å². The minimum atomic E-state index is -4.40. The second-order valence-corrected chi connectivity index (χ2v) is 19.0. The first-order chi connectivity index (χ1) is 25.8. The maximum absolute atomic E-state index is 13.3. The van der Waals surface area contributed by atoms with Crippen molar-refractivity contribution >= 4 is 21.0 Å². The third kappa shape index (κ3) is 9.09. The largest absolute Gasteiger partial charge is 0.497 e. The summed E-state index contributed by atoms with van der Waals surface area (Å²) >= 11 is 0. The highest BCUT2D eigenvalue weighted by Crippen LogP contribution is 2.53. The van der Waals surface area contributed by atoms with Crippen molar-refractivity contribution < 1.29 is 27.2 Å². The fraction of sp³-hybridized carbons (Fsp3) is 0.467. The summed E-state index contributed by atoms with van der Waals surface area (Å²) < 4.78 is 55.3. The van der Waals surface area contributed by atoms with Crippen molar-refractivity contribution in [2.75, 3.05) is 20.8 Å². The van der Waals surface area contributed by atoms with Gasteiger partial charge in [-0.3, -0.25) is 4.55 Å². The van der Waals surface area contributed by atoms with Crippen molar-refractivity contribution in [3.05, 3.63) is 102 Å². The van der Waals surface area contributed by atoms with E-state index in [0.29, 0.717) is 12.5 Å². The molecule has 0 spiro atoms. The van der Waals surface area contributed by atoms with Crippen molar-refractivity contribution in [2.45, 2.75) is 127 Å². The highest BCUT2D eigenvalue weighted by molar-refractivity contribution is 8.17. The van der Waals surface area contributed by atoms with Gasteiger partial charge < -0.3 is 14.2 Å². The Morgan fingerprint density at radius 3 is 1.64 bits per heavy atom. The third-order valence-electron chi connectivity index (χ3n) is 12.0. The minimum absolute atomic E-state index is 0.0699. The van der Waals surface area contributed by atoms with Gasteiger partial charge in [-0.15, -0.1) is 0 Å². The minimum Gasteiger partial charge on any atom is -0.497 e. The van der Waals surface area contributed by atoms with Gasteiger partial charge in [-0.1, -0.05) is 75.3 Å². The summed E-state index contributed by atoms with van der Waals surface area (Å²) in [5, 5.41) is 0. The topological polar surface area (TPSA) is 82.1 Å². The first-order valence-electron chi connectivity index (χ1n) is 19.8. The van der Waals surface area contributed by atoms with Crippen LogP contribution in [0, 0.1) is 5.92 Å². The standard InChI is InChI=1S/C45H56O6S2/c1-49-37-19-10-22-40(28-37)52(41-23-11-20-38(29-41)50-2)42-24-12-21-39(30-42)51-31-32-13-9-18-35(25-32)44-27-36(33-14-5-3-6-15-33)26-43(45(44)53(46,47)48)34-16-7-4-8-17-34/h10-12,19-24,26-30,32-35,52H,3-9,13-18,25,31H2,1-2H3,(H,46,47,48). The summed E-state index contributed by atoms with van der Waals surface area (Å²) in [4.78, 5) is 3.76. The number of hydrogen-bond acceptors (Lipinski definition) is 5. The van der Waals surface area contributed by atoms with E-state index in [-0.39, 0.29) is 22.6 Å². The van der Waals surface area contributed by atoms with E-state index in [1.807, 2.05) is 30.3 Å². The summed E-state index contributed by atoms with van der Waals surface area (Å²) in [5.74, 6) is 3.49. The van der Waals surface area contributed by atoms with Crippen LogP contribution in [-0.2, 0) is 10.1 Å². The Bertz CT molecular complexity index is 1900. The summed E-state index contributed by atoms with van der Waals surface area (Å²) in [5.41, 5.74) is 3.06. The van der Waals surface area contributed by atoms with Crippen LogP contribution in [0.5, 0.6) is 17.2 Å². The molecule has 1 N–H and O–H groups in total. The van der Waals surface area contributed by atoms with Gasteiger partial charge in [0, 0.05) is 0 Å². The van der Waals surface area contributed by atoms with Crippen molar-refractivity contribution in [3.63, 3.8) is 0 Å². The van der Waals surface area contributed by atoms with Crippen LogP contribution in [0.25, 0.3) is 0 Å². The van der Waals surface area contributed by atoms with E-state index in [9.17, 15) is 13.0 Å². The molecule has 0 bridgehead atoms. The number of methoxy groups -OCH3 is 2. The Kier molecular flexibility index (Phi) is 12.4. The highest BCUT2D eigenvalue weighted by Gasteiger charge is 2.34. The lowest BCUT2D eigenvalue weighted by Gasteiger charge is -2.34. The van der Waals surface area contributed by atoms with Crippen LogP contribution in [-0.4, -0.2) is 33.8 Å². The second-order valence-electron chi connectivity index (χ2n) is 15.4. The molecule has 8 heteroatoms. The Morgan fingerprint density at radius 2 is 1.09 bits per heavy atom. The number of ether oxygens (including phenoxy) is 3. The van der Waals surface area contributed by atoms with Gasteiger partial charge in [0.25, 0.3) is 10.1 Å². The van der Waals surface area contributed by atoms with Crippen molar-refractivity contribution in [2.24, 2.45) is 5.92 Å². The van der Waals surface area contributed by atoms with E-state index in [0.717, 1.165) is 92.6 Å². The molecule has 3 fully saturated rings. The lowest BCUT2D eigenvalue weighted by molar-refractivity contribution is 0.196. The summed E-state index contributed by atoms with van der Waals surface area (Å²) in [6.45, 7) is 0.565. The number of hydrogen-bond donors (Lipinski definition) is 2. The van der Waals surface area contributed by atoms with Crippen LogP contribution in [0.15, 0.2) is 105 Å². The molecule has 0 saturated heterocycles. The predicted octanol–water partition coefficient (Wildman–Crippen LogP) is 11.9. The van der Waals surface area contributed by atoms with Crippen LogP contribution in [0.2, 0.25) is 0 Å². The van der Waals surface area contributed by atoms with Gasteiger partial charge in [0.2, 0.25) is 0 Å². The fourth-order valence-corrected chi connectivity index (χ4v) is 12.7. The smallest absolute Gasteiger partial charge is 0.295 e. The molecule has 4 aromatic rings. The molecular formula is C45H56O6S2. The molecule has 3 saturated carbocycles. The van der Waals surface area contributed by atoms with Crippen LogP contribution in [0.4, 0.5) is 0 Å². The lowest BCUT2D eigenvalue weighted by Crippen LogP contribution is -2.23. The maximum atomic E-state index is 13.3. The van der Waals surface area contributed by atoms with Gasteiger partial charge in [0.15, 0.2) is 0 Å². The van der Waals surface area contributed by atoms with Crippen molar-refractivity contribution in [1.82, 2.24) is 0 Å². The molecule has 53 heavy (non-hydrogen) atoms. The van der Waals surface area contributed by atoms with E-state index in [1.165, 1.54) is 45.9 Å². The first-order valence-corrected chi connectivity index (χ1v) is 22.5. The third-order valence-corrected chi connectivity index (χ3v) is 15.3. The SMILES string of the molecule is COc1cccc([SH](c2cccc(OC)c2)c2cccc(OCC3CCCC(c4cc(C5CCCCC5)cc(C5CCCCC5)c4S(=O)(=O)O)C3)c2)c1. The Balaban J connectivity index is 1.15. The summed E-state index contributed by atoms with van der Waals surface area (Å²) in [7, 11) is -1.92. The van der Waals surface area contributed by atoms with Crippen LogP contribution < -0.4 is 14.2 Å². The average Bonchev–Trinajstić information content (AvgIpc) is 3.20. The average molecular weight is 757 g/mol. The van der Waals surface area contributed by atoms with Gasteiger partial charge in [-0.25, -0.2) is 0 Å². The van der Waals surface area contributed by atoms with Crippen molar-refractivity contribution in [1.29, 1.82) is 0 Å². The molecule has 0 aliphatic heterocycles. The molecule has 3 aliphatic carbocycles. The van der Waals surface area contributed by atoms with Crippen molar-refractivity contribution in [3.8, 4) is 17.2 Å². The maximum Gasteiger partial charge on any atom is 0.295 e. The van der Waals surface area contributed by atoms with Crippen LogP contribution in [0.1, 0.15) is 124 Å². The quantitative estimate of drug-likeness (QED) is 0.111. The Labute approximate surface area is 319 Å². The molecule has 2 atom stereocenters. The zero-order valence-corrected chi connectivity index (χ0v) is 33.1. The van der Waals surface area contributed by atoms with Crippen LogP contribution in [0.3, 0.4) is 0 Å². The molecule has 0 amide bonds. The lowest BCUT2D eigenvalue weighted by atomic mass is 9.74. The van der Waals surface area contributed by atoms with E-state index in [2.05, 4.69) is 54.6 Å². The Morgan fingerprint density at radius 1 is 0.604 bits per heavy atom. The molecule has 7 rings (SSSR count). The zero-order valence-electron chi connectivity index (χ0n) is 31.3. The van der Waals surface area contributed by atoms with Gasteiger partial charge in [-0.2, -0.15) is 19.3 Å². The first kappa shape index (κ1) is 37.8. The molecule has 0 radical (unpaired) electrons. The van der Waals surface area contributed by atoms with E-state index >= 15 is 0 Å². The molecule has 0 heterocycles. The summed E-state index contributed by atoms with van der Waals surface area (Å²) in [6.07, 6.45) is 15.3. The molecular weight excluding hydrogens is 701 g/mol. The molecule has 0 aromatic heterocycles. The number of benzene rings is 4. The summed E-state index contributed by atoms with van der Waals surface area (Å²) in [6, 6.07) is 29.4. The highest BCUT2D eigenvalue weighted by atomic mass is 32.2. The molecule has 3 aliphatic rings. The fourth-order valence-electron chi connectivity index (χ4n) is 9.29. The monoisotopic (exact) mass is 756 g/mol. The molecule has 4 aromatic carbocycles. The second kappa shape index (κ2) is 17.3. The number of rotatable bonds is 12. The molecule has 284 valence electrons. The molecule has 6 nitrogen and oxygen atoms in total. The van der Waals surface area contributed by atoms with Gasteiger partial charge in [0.1, 0.15) is 22.1 Å². The van der Waals surface area contributed by atoms with E-state index in [1.54, 1.807) is 14.2 Å². The van der Waals surface area contributed by atoms with Gasteiger partial charge in [-0.05, 0) is 155 Å². The van der Waals surface area contributed by atoms with Gasteiger partial charge in [0.05, 0.1) is 20.8 Å². The normalized spacial score (nSPS) is 20.5. The predicted molar refractivity (Wildman–Crippen MR) is 214 cm³/mol. The number of thiol groups is 1. The zero-order chi connectivity index (χ0) is 36.8. The molecule has 2 unspecified atom stereocenters. The van der Waals surface area contributed by atoms with Gasteiger partial charge >= 0.3 is 0 Å².